The van der Waals surface area contributed by atoms with Crippen molar-refractivity contribution >= 4 is 17.8 Å². The number of carbonyl (C=O) groups is 3. The van der Waals surface area contributed by atoms with E-state index in [4.69, 9.17) is 16.6 Å². The van der Waals surface area contributed by atoms with Crippen molar-refractivity contribution in [2.45, 2.75) is 6.04 Å². The molecule has 1 atom stereocenters. The zero-order valence-corrected chi connectivity index (χ0v) is 13.0. The highest BCUT2D eigenvalue weighted by Gasteiger charge is 2.16. The van der Waals surface area contributed by atoms with Crippen molar-refractivity contribution < 1.29 is 23.9 Å². The molecule has 0 bridgehead atoms. The number of carboxylic acids is 1. The number of hydrogen-bond donors (Lipinski definition) is 4. The van der Waals surface area contributed by atoms with Crippen LogP contribution in [0.5, 0.6) is 0 Å². The predicted octanol–water partition coefficient (Wildman–Crippen LogP) is 0.733. The summed E-state index contributed by atoms with van der Waals surface area (Å²) in [6, 6.07) is 8.62. The first-order valence-corrected chi connectivity index (χ1v) is 7.26. The van der Waals surface area contributed by atoms with Gasteiger partial charge < -0.3 is 21.9 Å². The molecule has 0 saturated heterocycles. The lowest BCUT2D eigenvalue weighted by molar-refractivity contribution is -0.138. The van der Waals surface area contributed by atoms with E-state index in [1.165, 1.54) is 18.2 Å². The van der Waals surface area contributed by atoms with Gasteiger partial charge in [-0.05, 0) is 35.4 Å². The van der Waals surface area contributed by atoms with Crippen LogP contribution in [0.4, 0.5) is 4.39 Å². The fourth-order valence-electron chi connectivity index (χ4n) is 2.22. The highest BCUT2D eigenvalue weighted by Crippen LogP contribution is 2.25. The van der Waals surface area contributed by atoms with Crippen LogP contribution in [0.25, 0.3) is 11.1 Å². The molecule has 0 spiro atoms. The van der Waals surface area contributed by atoms with E-state index < -0.39 is 29.6 Å². The summed E-state index contributed by atoms with van der Waals surface area (Å²) in [7, 11) is 0. The minimum absolute atomic E-state index is 0.0353. The summed E-state index contributed by atoms with van der Waals surface area (Å²) in [5, 5.41) is 11.0. The summed E-state index contributed by atoms with van der Waals surface area (Å²) in [6.45, 7) is -0.308. The van der Waals surface area contributed by atoms with Gasteiger partial charge in [-0.15, -0.1) is 0 Å². The summed E-state index contributed by atoms with van der Waals surface area (Å²) < 4.78 is 13.9. The summed E-state index contributed by atoms with van der Waals surface area (Å²) in [5.74, 6) is -3.33. The molecule has 25 heavy (non-hydrogen) atoms. The van der Waals surface area contributed by atoms with Gasteiger partial charge in [0.1, 0.15) is 11.9 Å². The summed E-state index contributed by atoms with van der Waals surface area (Å²) in [5.41, 5.74) is 11.4. The molecule has 0 aliphatic carbocycles. The van der Waals surface area contributed by atoms with Gasteiger partial charge in [0, 0.05) is 17.7 Å². The van der Waals surface area contributed by atoms with E-state index in [0.29, 0.717) is 11.1 Å². The maximum Gasteiger partial charge on any atom is 0.322 e. The predicted molar refractivity (Wildman–Crippen MR) is 88.3 cm³/mol. The van der Waals surface area contributed by atoms with Crippen LogP contribution in [0.3, 0.4) is 0 Å². The Morgan fingerprint density at radius 2 is 1.84 bits per heavy atom. The van der Waals surface area contributed by atoms with Crippen LogP contribution in [-0.2, 0) is 4.79 Å². The lowest BCUT2D eigenvalue weighted by Gasteiger charge is -2.11. The lowest BCUT2D eigenvalue weighted by Crippen LogP contribution is -2.42. The second kappa shape index (κ2) is 7.54. The maximum atomic E-state index is 13.9. The fourth-order valence-corrected chi connectivity index (χ4v) is 2.22. The molecule has 130 valence electrons. The zero-order chi connectivity index (χ0) is 18.6. The van der Waals surface area contributed by atoms with E-state index in [0.717, 1.165) is 6.07 Å². The van der Waals surface area contributed by atoms with Crippen molar-refractivity contribution in [2.75, 3.05) is 6.54 Å². The van der Waals surface area contributed by atoms with E-state index in [1.54, 1.807) is 18.2 Å². The number of carboxylic acid groups (broad SMARTS) is 1. The molecular formula is C17H16FN3O4. The molecule has 8 heteroatoms. The quantitative estimate of drug-likeness (QED) is 0.612. The zero-order valence-electron chi connectivity index (χ0n) is 13.0. The third-order valence-corrected chi connectivity index (χ3v) is 3.46. The number of nitrogens with one attached hydrogen (secondary N) is 1. The molecule has 0 fully saturated rings. The largest absolute Gasteiger partial charge is 0.480 e. The van der Waals surface area contributed by atoms with Crippen molar-refractivity contribution in [3.8, 4) is 11.1 Å². The molecule has 0 unspecified atom stereocenters. The topological polar surface area (TPSA) is 136 Å². The first-order chi connectivity index (χ1) is 11.8. The van der Waals surface area contributed by atoms with Gasteiger partial charge in [0.2, 0.25) is 5.91 Å². The number of amides is 2. The SMILES string of the molecule is NC(=O)c1ccccc1-c1cc(F)cc(C(=O)NC[C@@H](N)C(=O)O)c1. The molecule has 7 nitrogen and oxygen atoms in total. The summed E-state index contributed by atoms with van der Waals surface area (Å²) in [4.78, 5) is 34.3. The van der Waals surface area contributed by atoms with Crippen molar-refractivity contribution in [3.63, 3.8) is 0 Å². The van der Waals surface area contributed by atoms with Crippen LogP contribution in [0, 0.1) is 5.82 Å². The number of halogens is 1. The monoisotopic (exact) mass is 345 g/mol. The van der Waals surface area contributed by atoms with E-state index in [2.05, 4.69) is 5.32 Å². The number of carbonyl (C=O) groups excluding carboxylic acids is 2. The number of aliphatic carboxylic acids is 1. The number of hydrogen-bond acceptors (Lipinski definition) is 4. The van der Waals surface area contributed by atoms with Crippen LogP contribution in [-0.4, -0.2) is 35.5 Å². The molecule has 2 amide bonds. The first-order valence-electron chi connectivity index (χ1n) is 7.26. The Balaban J connectivity index is 2.34. The second-order valence-corrected chi connectivity index (χ2v) is 5.29. The molecule has 0 aromatic heterocycles. The third kappa shape index (κ3) is 4.39. The van der Waals surface area contributed by atoms with Gasteiger partial charge in [0.25, 0.3) is 5.91 Å². The standard InChI is InChI=1S/C17H16FN3O4/c18-11-6-9(12-3-1-2-4-13(12)15(20)22)5-10(7-11)16(23)21-8-14(19)17(24)25/h1-7,14H,8,19H2,(H2,20,22)(H,21,23)(H,24,25)/t14-/m1/s1. The van der Waals surface area contributed by atoms with Crippen molar-refractivity contribution in [3.05, 3.63) is 59.4 Å². The highest BCUT2D eigenvalue weighted by atomic mass is 19.1. The minimum Gasteiger partial charge on any atom is -0.480 e. The second-order valence-electron chi connectivity index (χ2n) is 5.29. The Bertz CT molecular complexity index is 838. The van der Waals surface area contributed by atoms with Crippen LogP contribution in [0.15, 0.2) is 42.5 Å². The van der Waals surface area contributed by atoms with Crippen molar-refractivity contribution in [2.24, 2.45) is 11.5 Å². The molecule has 6 N–H and O–H groups in total. The van der Waals surface area contributed by atoms with Crippen molar-refractivity contribution in [1.29, 1.82) is 0 Å². The Labute approximate surface area is 142 Å². The molecular weight excluding hydrogens is 329 g/mol. The Kier molecular flexibility index (Phi) is 5.45. The Hall–Kier alpha value is -3.26. The number of rotatable bonds is 6. The number of primary amides is 1. The van der Waals surface area contributed by atoms with Gasteiger partial charge in [0.15, 0.2) is 0 Å². The average Bonchev–Trinajstić information content (AvgIpc) is 2.58. The molecule has 0 saturated carbocycles. The maximum absolute atomic E-state index is 13.9. The van der Waals surface area contributed by atoms with Crippen LogP contribution >= 0.6 is 0 Å². The average molecular weight is 345 g/mol. The highest BCUT2D eigenvalue weighted by molar-refractivity contribution is 6.01. The van der Waals surface area contributed by atoms with E-state index in [9.17, 15) is 18.8 Å². The molecule has 0 heterocycles. The van der Waals surface area contributed by atoms with Gasteiger partial charge in [-0.25, -0.2) is 4.39 Å². The smallest absolute Gasteiger partial charge is 0.322 e. The van der Waals surface area contributed by atoms with Gasteiger partial charge >= 0.3 is 5.97 Å². The normalized spacial score (nSPS) is 11.6. The summed E-state index contributed by atoms with van der Waals surface area (Å²) in [6.07, 6.45) is 0. The minimum atomic E-state index is -1.27. The number of nitrogens with two attached hydrogens (primary N) is 2. The van der Waals surface area contributed by atoms with E-state index >= 15 is 0 Å². The molecule has 0 aliphatic heterocycles. The van der Waals surface area contributed by atoms with Crippen LogP contribution in [0.1, 0.15) is 20.7 Å². The van der Waals surface area contributed by atoms with Gasteiger partial charge in [-0.2, -0.15) is 0 Å². The van der Waals surface area contributed by atoms with Crippen LogP contribution < -0.4 is 16.8 Å². The first kappa shape index (κ1) is 18.1. The molecule has 2 rings (SSSR count). The van der Waals surface area contributed by atoms with Crippen LogP contribution in [0.2, 0.25) is 0 Å². The molecule has 2 aromatic carbocycles. The van der Waals surface area contributed by atoms with Crippen molar-refractivity contribution in [1.82, 2.24) is 5.32 Å². The lowest BCUT2D eigenvalue weighted by atomic mass is 9.97. The van der Waals surface area contributed by atoms with E-state index in [1.807, 2.05) is 0 Å². The van der Waals surface area contributed by atoms with Gasteiger partial charge in [-0.3, -0.25) is 14.4 Å². The van der Waals surface area contributed by atoms with Gasteiger partial charge in [0.05, 0.1) is 0 Å². The summed E-state index contributed by atoms with van der Waals surface area (Å²) >= 11 is 0. The fraction of sp³-hybridized carbons (Fsp3) is 0.118. The molecule has 0 radical (unpaired) electrons. The Morgan fingerprint density at radius 1 is 1.16 bits per heavy atom. The third-order valence-electron chi connectivity index (χ3n) is 3.46. The Morgan fingerprint density at radius 3 is 2.48 bits per heavy atom. The van der Waals surface area contributed by atoms with E-state index in [-0.39, 0.29) is 17.7 Å². The molecule has 0 aliphatic rings. The van der Waals surface area contributed by atoms with Gasteiger partial charge in [-0.1, -0.05) is 18.2 Å². The molecule has 2 aromatic rings. The number of benzene rings is 2.